The molecule has 8 heteroatoms. The van der Waals surface area contributed by atoms with E-state index in [2.05, 4.69) is 20.4 Å². The number of nitrogens with zero attached hydrogens (tertiary/aromatic N) is 4. The second-order valence-corrected chi connectivity index (χ2v) is 7.00. The summed E-state index contributed by atoms with van der Waals surface area (Å²) in [5, 5.41) is 9.27. The minimum Gasteiger partial charge on any atom is -0.326 e. The van der Waals surface area contributed by atoms with Crippen molar-refractivity contribution >= 4 is 22.9 Å². The van der Waals surface area contributed by atoms with Crippen LogP contribution in [0.15, 0.2) is 66.6 Å². The van der Waals surface area contributed by atoms with Gasteiger partial charge in [-0.05, 0) is 29.8 Å². The van der Waals surface area contributed by atoms with Crippen molar-refractivity contribution in [3.63, 3.8) is 0 Å². The lowest BCUT2D eigenvalue weighted by Gasteiger charge is -2.06. The van der Waals surface area contributed by atoms with Gasteiger partial charge in [-0.2, -0.15) is 5.10 Å². The summed E-state index contributed by atoms with van der Waals surface area (Å²) in [5.41, 5.74) is 2.82. The van der Waals surface area contributed by atoms with Gasteiger partial charge in [-0.25, -0.2) is 19.0 Å². The van der Waals surface area contributed by atoms with Gasteiger partial charge >= 0.3 is 0 Å². The van der Waals surface area contributed by atoms with E-state index in [-0.39, 0.29) is 18.1 Å². The van der Waals surface area contributed by atoms with Gasteiger partial charge in [-0.15, -0.1) is 11.3 Å². The van der Waals surface area contributed by atoms with E-state index in [1.807, 2.05) is 24.3 Å². The van der Waals surface area contributed by atoms with Crippen molar-refractivity contribution in [2.24, 2.45) is 0 Å². The molecule has 0 fully saturated rings. The van der Waals surface area contributed by atoms with E-state index in [1.54, 1.807) is 34.6 Å². The lowest BCUT2D eigenvalue weighted by atomic mass is 10.2. The Hall–Kier alpha value is -3.39. The highest BCUT2D eigenvalue weighted by molar-refractivity contribution is 7.13. The quantitative estimate of drug-likeness (QED) is 0.541. The van der Waals surface area contributed by atoms with E-state index in [9.17, 15) is 9.18 Å². The van der Waals surface area contributed by atoms with Gasteiger partial charge in [0, 0.05) is 16.6 Å². The highest BCUT2D eigenvalue weighted by atomic mass is 32.1. The number of carbonyl (C=O) groups excluding carboxylic acids is 1. The summed E-state index contributed by atoms with van der Waals surface area (Å²) >= 11 is 1.32. The number of halogens is 1. The molecule has 4 rings (SSSR count). The first kappa shape index (κ1) is 18.0. The number of rotatable bonds is 6. The first-order chi connectivity index (χ1) is 13.7. The zero-order valence-corrected chi connectivity index (χ0v) is 15.6. The maximum Gasteiger partial charge on any atom is 0.230 e. The fraction of sp³-hybridized carbons (Fsp3) is 0.100. The minimum atomic E-state index is -0.321. The Balaban J connectivity index is 1.36. The highest BCUT2D eigenvalue weighted by Crippen LogP contribution is 2.26. The number of amides is 1. The van der Waals surface area contributed by atoms with Crippen LogP contribution in [0.5, 0.6) is 0 Å². The van der Waals surface area contributed by atoms with E-state index in [4.69, 9.17) is 0 Å². The molecule has 0 radical (unpaired) electrons. The van der Waals surface area contributed by atoms with Gasteiger partial charge in [0.2, 0.25) is 5.91 Å². The molecule has 6 nitrogen and oxygen atoms in total. The third kappa shape index (κ3) is 4.29. The molecule has 28 heavy (non-hydrogen) atoms. The number of aromatic nitrogens is 4. The van der Waals surface area contributed by atoms with Crippen molar-refractivity contribution in [3.8, 4) is 10.6 Å². The molecular formula is C20H16FN5OS. The van der Waals surface area contributed by atoms with Crippen LogP contribution in [-0.2, 0) is 17.8 Å². The predicted molar refractivity (Wildman–Crippen MR) is 105 cm³/mol. The number of hydrogen-bond acceptors (Lipinski definition) is 5. The minimum absolute atomic E-state index is 0.131. The fourth-order valence-electron chi connectivity index (χ4n) is 2.71. The molecule has 0 atom stereocenters. The zero-order chi connectivity index (χ0) is 19.3. The Bertz CT molecular complexity index is 1080. The molecule has 140 valence electrons. The van der Waals surface area contributed by atoms with Gasteiger partial charge in [0.05, 0.1) is 18.7 Å². The third-order valence-electron chi connectivity index (χ3n) is 4.05. The number of nitrogens with one attached hydrogen (secondary N) is 1. The van der Waals surface area contributed by atoms with Crippen LogP contribution in [-0.4, -0.2) is 25.7 Å². The van der Waals surface area contributed by atoms with E-state index in [0.29, 0.717) is 28.5 Å². The molecule has 0 bridgehead atoms. The van der Waals surface area contributed by atoms with Crippen LogP contribution >= 0.6 is 11.3 Å². The molecule has 0 saturated carbocycles. The summed E-state index contributed by atoms with van der Waals surface area (Å²) in [6, 6.07) is 14.0. The van der Waals surface area contributed by atoms with Gasteiger partial charge in [0.15, 0.2) is 0 Å². The molecule has 0 aliphatic rings. The second-order valence-electron chi connectivity index (χ2n) is 6.14. The summed E-state index contributed by atoms with van der Waals surface area (Å²) in [7, 11) is 0. The van der Waals surface area contributed by atoms with E-state index < -0.39 is 0 Å². The number of anilines is 1. The number of hydrogen-bond donors (Lipinski definition) is 1. The lowest BCUT2D eigenvalue weighted by molar-refractivity contribution is -0.115. The maximum atomic E-state index is 13.9. The topological polar surface area (TPSA) is 72.7 Å². The van der Waals surface area contributed by atoms with Crippen molar-refractivity contribution in [1.29, 1.82) is 0 Å². The Morgan fingerprint density at radius 1 is 1.14 bits per heavy atom. The van der Waals surface area contributed by atoms with Crippen LogP contribution < -0.4 is 5.32 Å². The van der Waals surface area contributed by atoms with Crippen molar-refractivity contribution in [3.05, 3.63) is 83.6 Å². The second kappa shape index (κ2) is 8.10. The largest absolute Gasteiger partial charge is 0.326 e. The summed E-state index contributed by atoms with van der Waals surface area (Å²) in [6.07, 6.45) is 3.27. The maximum absolute atomic E-state index is 13.9. The molecular weight excluding hydrogens is 377 g/mol. The Kier molecular flexibility index (Phi) is 5.20. The van der Waals surface area contributed by atoms with Gasteiger partial charge in [0.1, 0.15) is 23.5 Å². The first-order valence-electron chi connectivity index (χ1n) is 8.58. The van der Waals surface area contributed by atoms with Crippen molar-refractivity contribution in [1.82, 2.24) is 19.7 Å². The highest BCUT2D eigenvalue weighted by Gasteiger charge is 2.12. The molecule has 2 aromatic carbocycles. The molecule has 1 N–H and O–H groups in total. The first-order valence-corrected chi connectivity index (χ1v) is 9.46. The Morgan fingerprint density at radius 3 is 2.71 bits per heavy atom. The van der Waals surface area contributed by atoms with Crippen LogP contribution in [0.4, 0.5) is 10.1 Å². The number of carbonyl (C=O) groups is 1. The summed E-state index contributed by atoms with van der Waals surface area (Å²) in [5.74, 6) is -0.492. The van der Waals surface area contributed by atoms with Crippen LogP contribution in [0.3, 0.4) is 0 Å². The van der Waals surface area contributed by atoms with E-state index in [1.165, 1.54) is 23.7 Å². The van der Waals surface area contributed by atoms with Gasteiger partial charge in [-0.1, -0.05) is 24.3 Å². The average molecular weight is 393 g/mol. The van der Waals surface area contributed by atoms with E-state index >= 15 is 0 Å². The summed E-state index contributed by atoms with van der Waals surface area (Å²) in [6.45, 7) is 0.617. The van der Waals surface area contributed by atoms with Gasteiger partial charge < -0.3 is 5.32 Å². The lowest BCUT2D eigenvalue weighted by Crippen LogP contribution is -2.14. The fourth-order valence-corrected chi connectivity index (χ4v) is 3.56. The van der Waals surface area contributed by atoms with Crippen molar-refractivity contribution < 1.29 is 9.18 Å². The molecule has 0 saturated heterocycles. The van der Waals surface area contributed by atoms with Gasteiger partial charge in [-0.3, -0.25) is 4.79 Å². The Labute approximate surface area is 164 Å². The number of thiazole rings is 1. The van der Waals surface area contributed by atoms with E-state index in [0.717, 1.165) is 5.56 Å². The normalized spacial score (nSPS) is 10.8. The molecule has 4 aromatic rings. The van der Waals surface area contributed by atoms with Crippen molar-refractivity contribution in [2.45, 2.75) is 13.0 Å². The van der Waals surface area contributed by atoms with Crippen molar-refractivity contribution in [2.75, 3.05) is 5.32 Å². The van der Waals surface area contributed by atoms with Crippen LogP contribution in [0.25, 0.3) is 10.6 Å². The summed E-state index contributed by atoms with van der Waals surface area (Å²) < 4.78 is 15.6. The zero-order valence-electron chi connectivity index (χ0n) is 14.7. The molecule has 0 aliphatic heterocycles. The summed E-state index contributed by atoms with van der Waals surface area (Å²) in [4.78, 5) is 20.6. The molecule has 1 amide bonds. The third-order valence-corrected chi connectivity index (χ3v) is 4.97. The standard InChI is InChI=1S/C20H16FN5OS/c21-18-4-2-1-3-17(18)20-25-16(11-28-20)9-19(27)24-15-7-5-14(6-8-15)10-26-13-22-12-23-26/h1-8,11-13H,9-10H2,(H,24,27). The molecule has 0 aliphatic carbocycles. The molecule has 2 aromatic heterocycles. The number of benzene rings is 2. The monoisotopic (exact) mass is 393 g/mol. The predicted octanol–water partition coefficient (Wildman–Crippen LogP) is 3.77. The average Bonchev–Trinajstić information content (AvgIpc) is 3.36. The van der Waals surface area contributed by atoms with Crippen LogP contribution in [0.1, 0.15) is 11.3 Å². The molecule has 2 heterocycles. The SMILES string of the molecule is O=C(Cc1csc(-c2ccccc2F)n1)Nc1ccc(Cn2cncn2)cc1. The smallest absolute Gasteiger partial charge is 0.230 e. The van der Waals surface area contributed by atoms with Crippen LogP contribution in [0.2, 0.25) is 0 Å². The Morgan fingerprint density at radius 2 is 1.96 bits per heavy atom. The molecule has 0 unspecified atom stereocenters. The molecule has 0 spiro atoms. The van der Waals surface area contributed by atoms with Gasteiger partial charge in [0.25, 0.3) is 0 Å². The van der Waals surface area contributed by atoms with Crippen LogP contribution in [0, 0.1) is 5.82 Å².